The van der Waals surface area contributed by atoms with E-state index < -0.39 is 0 Å². The maximum Gasteiger partial charge on any atom is 0.137 e. The van der Waals surface area contributed by atoms with Crippen molar-refractivity contribution in [2.45, 2.75) is 52.4 Å². The summed E-state index contributed by atoms with van der Waals surface area (Å²) in [7, 11) is 0. The van der Waals surface area contributed by atoms with Crippen molar-refractivity contribution in [3.05, 3.63) is 229 Å². The fourth-order valence-corrected chi connectivity index (χ4v) is 9.82. The van der Waals surface area contributed by atoms with Crippen molar-refractivity contribution in [2.24, 2.45) is 0 Å². The van der Waals surface area contributed by atoms with Crippen LogP contribution in [0.4, 0.5) is 22.7 Å². The highest BCUT2D eigenvalue weighted by Gasteiger charge is 2.30. The second-order valence-electron chi connectivity index (χ2n) is 19.4. The zero-order chi connectivity index (χ0) is 45.9. The highest BCUT2D eigenvalue weighted by atomic mass is 16.5. The van der Waals surface area contributed by atoms with Gasteiger partial charge in [0.1, 0.15) is 24.0 Å². The van der Waals surface area contributed by atoms with Gasteiger partial charge in [0.25, 0.3) is 0 Å². The van der Waals surface area contributed by atoms with E-state index in [0.29, 0.717) is 6.67 Å². The third kappa shape index (κ3) is 7.70. The Morgan fingerprint density at radius 3 is 1.85 bits per heavy atom. The Kier molecular flexibility index (Phi) is 10.3. The summed E-state index contributed by atoms with van der Waals surface area (Å²) in [6.07, 6.45) is 2.02. The Balaban J connectivity index is 0.907. The number of fused-ring (bicyclic) bond motifs is 4. The molecule has 0 atom stereocenters. The van der Waals surface area contributed by atoms with E-state index in [1.54, 1.807) is 0 Å². The SMILES string of the molecule is Cc1cc(-n2c3ccccc3c3ccc(Oc4cccc(N5CN(c6ccc(C(C)(C)C)cc6)c6cc(-c7ccccc7)ccc65)c4)cc32)ncc1-c1ccc(C(C)(C)c2ccccc2)cc1. The summed E-state index contributed by atoms with van der Waals surface area (Å²) in [5.41, 5.74) is 16.4. The predicted molar refractivity (Wildman–Crippen MR) is 280 cm³/mol. The molecule has 0 saturated carbocycles. The molecule has 8 aromatic carbocycles. The average molecular weight is 871 g/mol. The van der Waals surface area contributed by atoms with Gasteiger partial charge in [-0.1, -0.05) is 162 Å². The number of nitrogens with zero attached hydrogens (tertiary/aromatic N) is 4. The van der Waals surface area contributed by atoms with Crippen LogP contribution in [0, 0.1) is 6.92 Å². The molecule has 0 N–H and O–H groups in total. The minimum atomic E-state index is -0.103. The summed E-state index contributed by atoms with van der Waals surface area (Å²) in [6, 6.07) is 71.8. The van der Waals surface area contributed by atoms with E-state index in [4.69, 9.17) is 9.72 Å². The molecule has 0 bridgehead atoms. The number of hydrogen-bond acceptors (Lipinski definition) is 4. The van der Waals surface area contributed by atoms with Gasteiger partial charge in [-0.25, -0.2) is 4.98 Å². The van der Waals surface area contributed by atoms with Gasteiger partial charge in [0.2, 0.25) is 0 Å². The molecule has 5 nitrogen and oxygen atoms in total. The van der Waals surface area contributed by atoms with Crippen molar-refractivity contribution in [2.75, 3.05) is 16.5 Å². The summed E-state index contributed by atoms with van der Waals surface area (Å²) in [5, 5.41) is 2.32. The van der Waals surface area contributed by atoms with Crippen LogP contribution in [0.5, 0.6) is 11.5 Å². The second kappa shape index (κ2) is 16.5. The molecule has 1 aliphatic rings. The monoisotopic (exact) mass is 870 g/mol. The number of para-hydroxylation sites is 1. The van der Waals surface area contributed by atoms with E-state index in [1.165, 1.54) is 38.9 Å². The summed E-state index contributed by atoms with van der Waals surface area (Å²) in [6.45, 7) is 14.2. The van der Waals surface area contributed by atoms with E-state index in [9.17, 15) is 0 Å². The Labute approximate surface area is 394 Å². The molecule has 0 unspecified atom stereocenters. The van der Waals surface area contributed by atoms with E-state index in [2.05, 4.69) is 250 Å². The van der Waals surface area contributed by atoms with Crippen molar-refractivity contribution < 1.29 is 4.74 Å². The molecule has 0 fully saturated rings. The second-order valence-corrected chi connectivity index (χ2v) is 19.4. The fourth-order valence-electron chi connectivity index (χ4n) is 9.82. The van der Waals surface area contributed by atoms with Crippen molar-refractivity contribution in [3.8, 4) is 39.6 Å². The first-order chi connectivity index (χ1) is 32.5. The Bertz CT molecular complexity index is 3420. The topological polar surface area (TPSA) is 33.5 Å². The molecule has 3 heterocycles. The first-order valence-corrected chi connectivity index (χ1v) is 23.3. The van der Waals surface area contributed by atoms with Crippen LogP contribution >= 0.6 is 0 Å². The lowest BCUT2D eigenvalue weighted by molar-refractivity contribution is 0.483. The van der Waals surface area contributed by atoms with Gasteiger partial charge >= 0.3 is 0 Å². The van der Waals surface area contributed by atoms with Gasteiger partial charge in [0.15, 0.2) is 0 Å². The van der Waals surface area contributed by atoms with Gasteiger partial charge in [0.05, 0.1) is 22.4 Å². The first-order valence-electron chi connectivity index (χ1n) is 23.3. The molecule has 67 heavy (non-hydrogen) atoms. The number of anilines is 4. The fraction of sp³-hybridized carbons (Fsp3) is 0.145. The van der Waals surface area contributed by atoms with Crippen LogP contribution in [0.3, 0.4) is 0 Å². The third-order valence-corrected chi connectivity index (χ3v) is 13.7. The van der Waals surface area contributed by atoms with Crippen LogP contribution in [0.25, 0.3) is 49.9 Å². The predicted octanol–water partition coefficient (Wildman–Crippen LogP) is 16.5. The maximum atomic E-state index is 6.78. The van der Waals surface area contributed by atoms with Crippen LogP contribution in [0.2, 0.25) is 0 Å². The van der Waals surface area contributed by atoms with E-state index >= 15 is 0 Å². The smallest absolute Gasteiger partial charge is 0.137 e. The van der Waals surface area contributed by atoms with Gasteiger partial charge in [-0.15, -0.1) is 0 Å². The highest BCUT2D eigenvalue weighted by Crippen LogP contribution is 2.47. The van der Waals surface area contributed by atoms with Crippen molar-refractivity contribution >= 4 is 44.6 Å². The molecule has 0 radical (unpaired) electrons. The maximum absolute atomic E-state index is 6.78. The molecular weight excluding hydrogens is 817 g/mol. The Morgan fingerprint density at radius 2 is 1.10 bits per heavy atom. The summed E-state index contributed by atoms with van der Waals surface area (Å²) in [5.74, 6) is 2.40. The number of hydrogen-bond donors (Lipinski definition) is 0. The van der Waals surface area contributed by atoms with E-state index in [0.717, 1.165) is 67.5 Å². The molecule has 2 aromatic heterocycles. The van der Waals surface area contributed by atoms with Crippen LogP contribution in [-0.4, -0.2) is 16.2 Å². The minimum absolute atomic E-state index is 0.0758. The third-order valence-electron chi connectivity index (χ3n) is 13.7. The number of benzene rings is 8. The van der Waals surface area contributed by atoms with Crippen molar-refractivity contribution in [1.29, 1.82) is 0 Å². The Morgan fingerprint density at radius 1 is 0.463 bits per heavy atom. The molecule has 1 aliphatic heterocycles. The number of aromatic nitrogens is 2. The van der Waals surface area contributed by atoms with Gasteiger partial charge in [0, 0.05) is 51.5 Å². The summed E-state index contributed by atoms with van der Waals surface area (Å²) >= 11 is 0. The normalized spacial score (nSPS) is 12.8. The molecule has 328 valence electrons. The number of aryl methyl sites for hydroxylation is 1. The number of rotatable bonds is 9. The lowest BCUT2D eigenvalue weighted by Gasteiger charge is -2.26. The molecular formula is C62H54N4O. The van der Waals surface area contributed by atoms with E-state index in [1.807, 2.05) is 12.3 Å². The number of pyridine rings is 1. The average Bonchev–Trinajstić information content (AvgIpc) is 3.90. The van der Waals surface area contributed by atoms with Crippen molar-refractivity contribution in [3.63, 3.8) is 0 Å². The Hall–Kier alpha value is -7.89. The van der Waals surface area contributed by atoms with Crippen LogP contribution in [0.15, 0.2) is 206 Å². The zero-order valence-corrected chi connectivity index (χ0v) is 39.0. The van der Waals surface area contributed by atoms with Crippen LogP contribution < -0.4 is 14.5 Å². The standard InChI is InChI=1S/C62H54N4O/c1-42-36-60(63-40-55(42)44-24-27-48(28-25-44)62(5,6)47-18-11-8-12-19-47)66-56-23-14-13-22-53(56)54-34-33-52(39-58(54)66)67-51-21-15-20-50(38-51)65-41-64(49-31-29-46(30-32-49)61(2,3)4)59-37-45(26-35-57(59)65)43-16-9-7-10-17-43/h7-40H,41H2,1-6H3. The van der Waals surface area contributed by atoms with E-state index in [-0.39, 0.29) is 10.8 Å². The van der Waals surface area contributed by atoms with Gasteiger partial charge < -0.3 is 14.5 Å². The molecule has 0 saturated heterocycles. The van der Waals surface area contributed by atoms with Gasteiger partial charge in [-0.05, 0) is 112 Å². The lowest BCUT2D eigenvalue weighted by Crippen LogP contribution is -2.24. The molecule has 0 amide bonds. The summed E-state index contributed by atoms with van der Waals surface area (Å²) < 4.78 is 9.05. The molecule has 11 rings (SSSR count). The quantitative estimate of drug-likeness (QED) is 0.145. The van der Waals surface area contributed by atoms with Gasteiger partial charge in [-0.3, -0.25) is 4.57 Å². The molecule has 10 aromatic rings. The van der Waals surface area contributed by atoms with Gasteiger partial charge in [-0.2, -0.15) is 0 Å². The molecule has 0 spiro atoms. The minimum Gasteiger partial charge on any atom is -0.457 e. The van der Waals surface area contributed by atoms with Crippen molar-refractivity contribution in [1.82, 2.24) is 9.55 Å². The lowest BCUT2D eigenvalue weighted by atomic mass is 9.78. The largest absolute Gasteiger partial charge is 0.457 e. The summed E-state index contributed by atoms with van der Waals surface area (Å²) in [4.78, 5) is 9.94. The van der Waals surface area contributed by atoms with Crippen LogP contribution in [0.1, 0.15) is 56.9 Å². The van der Waals surface area contributed by atoms with Crippen LogP contribution in [-0.2, 0) is 10.8 Å². The molecule has 5 heteroatoms. The molecule has 0 aliphatic carbocycles. The first kappa shape index (κ1) is 41.8. The number of ether oxygens (including phenoxy) is 1. The highest BCUT2D eigenvalue weighted by molar-refractivity contribution is 6.09. The zero-order valence-electron chi connectivity index (χ0n) is 39.0.